The number of benzene rings is 1. The second-order valence-corrected chi connectivity index (χ2v) is 4.53. The topological polar surface area (TPSA) is 38.4 Å². The van der Waals surface area contributed by atoms with Gasteiger partial charge in [-0.25, -0.2) is 0 Å². The second-order valence-electron chi connectivity index (χ2n) is 4.53. The highest BCUT2D eigenvalue weighted by Gasteiger charge is 2.38. The molecule has 1 aliphatic rings. The predicted octanol–water partition coefficient (Wildman–Crippen LogP) is 2.56. The van der Waals surface area contributed by atoms with Gasteiger partial charge in [0, 0.05) is 11.8 Å². The lowest BCUT2D eigenvalue weighted by molar-refractivity contribution is 0.848. The zero-order valence-electron chi connectivity index (χ0n) is 9.35. The van der Waals surface area contributed by atoms with E-state index in [1.165, 1.54) is 5.56 Å². The van der Waals surface area contributed by atoms with Gasteiger partial charge in [0.2, 0.25) is 0 Å². The quantitative estimate of drug-likeness (QED) is 0.593. The first-order chi connectivity index (χ1) is 7.18. The minimum absolute atomic E-state index is 0.363. The summed E-state index contributed by atoms with van der Waals surface area (Å²) in [7, 11) is 0. The minimum atomic E-state index is 0.363. The smallest absolute Gasteiger partial charge is 0.0966 e. The van der Waals surface area contributed by atoms with Crippen molar-refractivity contribution in [2.75, 3.05) is 0 Å². The Labute approximate surface area is 91.2 Å². The molecule has 1 aromatic carbocycles. The highest BCUT2D eigenvalue weighted by atomic mass is 14.9. The van der Waals surface area contributed by atoms with E-state index in [0.29, 0.717) is 17.9 Å². The first-order valence-corrected chi connectivity index (χ1v) is 5.56. The Kier molecular flexibility index (Phi) is 2.76. The average Bonchev–Trinajstić information content (AvgIpc) is 2.98. The van der Waals surface area contributed by atoms with Crippen LogP contribution < -0.4 is 5.73 Å². The minimum Gasteiger partial charge on any atom is -0.387 e. The van der Waals surface area contributed by atoms with Crippen LogP contribution in [0, 0.1) is 5.92 Å². The summed E-state index contributed by atoms with van der Waals surface area (Å²) >= 11 is 0. The van der Waals surface area contributed by atoms with E-state index in [4.69, 9.17) is 5.73 Å². The van der Waals surface area contributed by atoms with E-state index in [-0.39, 0.29) is 0 Å². The van der Waals surface area contributed by atoms with Crippen molar-refractivity contribution in [3.63, 3.8) is 0 Å². The molecule has 0 amide bonds. The highest BCUT2D eigenvalue weighted by molar-refractivity contribution is 5.82. The number of amidine groups is 1. The molecule has 15 heavy (non-hydrogen) atoms. The summed E-state index contributed by atoms with van der Waals surface area (Å²) in [6.07, 6.45) is 1.15. The van der Waals surface area contributed by atoms with Gasteiger partial charge in [-0.1, -0.05) is 44.2 Å². The van der Waals surface area contributed by atoms with Crippen LogP contribution in [0.2, 0.25) is 0 Å². The van der Waals surface area contributed by atoms with Gasteiger partial charge in [0.15, 0.2) is 0 Å². The third kappa shape index (κ3) is 2.38. The molecule has 0 spiro atoms. The van der Waals surface area contributed by atoms with Crippen LogP contribution >= 0.6 is 0 Å². The van der Waals surface area contributed by atoms with Gasteiger partial charge in [-0.05, 0) is 12.0 Å². The van der Waals surface area contributed by atoms with Gasteiger partial charge in [0.05, 0.1) is 11.9 Å². The van der Waals surface area contributed by atoms with E-state index in [0.717, 1.165) is 12.3 Å². The number of nitrogens with two attached hydrogens (primary N) is 1. The zero-order chi connectivity index (χ0) is 10.8. The van der Waals surface area contributed by atoms with E-state index in [2.05, 4.69) is 43.1 Å². The molecule has 2 atom stereocenters. The summed E-state index contributed by atoms with van der Waals surface area (Å²) in [6, 6.07) is 11.0. The molecule has 0 bridgehead atoms. The lowest BCUT2D eigenvalue weighted by Crippen LogP contribution is -2.19. The SMILES string of the molecule is CC(C)C(N)=NC1CC1c1ccccc1. The van der Waals surface area contributed by atoms with Crippen molar-refractivity contribution in [3.8, 4) is 0 Å². The molecule has 1 aromatic rings. The largest absolute Gasteiger partial charge is 0.387 e. The lowest BCUT2D eigenvalue weighted by atomic mass is 10.1. The van der Waals surface area contributed by atoms with Crippen LogP contribution in [0.3, 0.4) is 0 Å². The Bertz CT molecular complexity index is 354. The van der Waals surface area contributed by atoms with Gasteiger partial charge < -0.3 is 5.73 Å². The summed E-state index contributed by atoms with van der Waals surface area (Å²) < 4.78 is 0. The molecule has 2 unspecified atom stereocenters. The van der Waals surface area contributed by atoms with Gasteiger partial charge >= 0.3 is 0 Å². The van der Waals surface area contributed by atoms with Crippen LogP contribution in [0.5, 0.6) is 0 Å². The molecular weight excluding hydrogens is 184 g/mol. The maximum Gasteiger partial charge on any atom is 0.0966 e. The molecule has 0 aromatic heterocycles. The normalized spacial score (nSPS) is 25.7. The van der Waals surface area contributed by atoms with Gasteiger partial charge in [0.1, 0.15) is 0 Å². The Morgan fingerprint density at radius 1 is 1.33 bits per heavy atom. The van der Waals surface area contributed by atoms with Gasteiger partial charge in [0.25, 0.3) is 0 Å². The van der Waals surface area contributed by atoms with E-state index in [9.17, 15) is 0 Å². The van der Waals surface area contributed by atoms with Crippen molar-refractivity contribution in [1.82, 2.24) is 0 Å². The fourth-order valence-electron chi connectivity index (χ4n) is 1.72. The first kappa shape index (κ1) is 10.2. The van der Waals surface area contributed by atoms with Crippen molar-refractivity contribution in [3.05, 3.63) is 35.9 Å². The lowest BCUT2D eigenvalue weighted by Gasteiger charge is -2.03. The molecule has 0 aliphatic heterocycles. The van der Waals surface area contributed by atoms with E-state index < -0.39 is 0 Å². The Hall–Kier alpha value is -1.31. The molecule has 0 radical (unpaired) electrons. The molecule has 1 saturated carbocycles. The van der Waals surface area contributed by atoms with Crippen LogP contribution in [0.25, 0.3) is 0 Å². The van der Waals surface area contributed by atoms with Crippen LogP contribution in [0.15, 0.2) is 35.3 Å². The average molecular weight is 202 g/mol. The Morgan fingerprint density at radius 3 is 2.60 bits per heavy atom. The zero-order valence-corrected chi connectivity index (χ0v) is 9.35. The molecule has 2 rings (SSSR count). The predicted molar refractivity (Wildman–Crippen MR) is 64.0 cm³/mol. The van der Waals surface area contributed by atoms with E-state index in [1.54, 1.807) is 0 Å². The third-order valence-corrected chi connectivity index (χ3v) is 2.89. The van der Waals surface area contributed by atoms with E-state index >= 15 is 0 Å². The van der Waals surface area contributed by atoms with Crippen molar-refractivity contribution < 1.29 is 0 Å². The maximum absolute atomic E-state index is 5.85. The highest BCUT2D eigenvalue weighted by Crippen LogP contribution is 2.43. The molecule has 0 saturated heterocycles. The Morgan fingerprint density at radius 2 is 2.00 bits per heavy atom. The van der Waals surface area contributed by atoms with Crippen LogP contribution in [0.1, 0.15) is 31.7 Å². The van der Waals surface area contributed by atoms with Crippen LogP contribution in [-0.2, 0) is 0 Å². The molecule has 2 N–H and O–H groups in total. The van der Waals surface area contributed by atoms with Gasteiger partial charge in [-0.15, -0.1) is 0 Å². The number of hydrogen-bond donors (Lipinski definition) is 1. The third-order valence-electron chi connectivity index (χ3n) is 2.89. The summed E-state index contributed by atoms with van der Waals surface area (Å²) in [6.45, 7) is 4.16. The van der Waals surface area contributed by atoms with Crippen molar-refractivity contribution in [1.29, 1.82) is 0 Å². The molecule has 1 aliphatic carbocycles. The molecular formula is C13H18N2. The number of nitrogens with zero attached hydrogens (tertiary/aromatic N) is 1. The number of hydrogen-bond acceptors (Lipinski definition) is 1. The van der Waals surface area contributed by atoms with Crippen molar-refractivity contribution in [2.24, 2.45) is 16.6 Å². The monoisotopic (exact) mass is 202 g/mol. The van der Waals surface area contributed by atoms with Crippen molar-refractivity contribution >= 4 is 5.84 Å². The molecule has 0 heterocycles. The number of aliphatic imine (C=N–C) groups is 1. The standard InChI is InChI=1S/C13H18N2/c1-9(2)13(14)15-12-8-11(12)10-6-4-3-5-7-10/h3-7,9,11-12H,8H2,1-2H3,(H2,14,15). The fourth-order valence-corrected chi connectivity index (χ4v) is 1.72. The second kappa shape index (κ2) is 4.05. The van der Waals surface area contributed by atoms with E-state index in [1.807, 2.05) is 6.07 Å². The summed E-state index contributed by atoms with van der Waals surface area (Å²) in [4.78, 5) is 4.54. The van der Waals surface area contributed by atoms with Crippen LogP contribution in [0.4, 0.5) is 0 Å². The van der Waals surface area contributed by atoms with Crippen molar-refractivity contribution in [2.45, 2.75) is 32.2 Å². The van der Waals surface area contributed by atoms with Gasteiger partial charge in [-0.3, -0.25) is 4.99 Å². The van der Waals surface area contributed by atoms with Gasteiger partial charge in [-0.2, -0.15) is 0 Å². The first-order valence-electron chi connectivity index (χ1n) is 5.56. The molecule has 1 fully saturated rings. The number of rotatable bonds is 3. The molecule has 80 valence electrons. The molecule has 2 heteroatoms. The summed E-state index contributed by atoms with van der Waals surface area (Å²) in [5.74, 6) is 1.75. The maximum atomic E-state index is 5.85. The molecule has 2 nitrogen and oxygen atoms in total. The fraction of sp³-hybridized carbons (Fsp3) is 0.462. The Balaban J connectivity index is 2.00. The summed E-state index contributed by atoms with van der Waals surface area (Å²) in [5, 5.41) is 0. The summed E-state index contributed by atoms with van der Waals surface area (Å²) in [5.41, 5.74) is 7.24. The van der Waals surface area contributed by atoms with Crippen LogP contribution in [-0.4, -0.2) is 11.9 Å².